The summed E-state index contributed by atoms with van der Waals surface area (Å²) >= 11 is 0. The third-order valence-electron chi connectivity index (χ3n) is 4.59. The van der Waals surface area contributed by atoms with Crippen molar-refractivity contribution in [1.82, 2.24) is 10.6 Å². The van der Waals surface area contributed by atoms with Crippen LogP contribution in [0.4, 0.5) is 19.3 Å². The molecule has 0 bridgehead atoms. The molecule has 2 aromatic carbocycles. The van der Waals surface area contributed by atoms with Crippen LogP contribution in [-0.4, -0.2) is 36.7 Å². The van der Waals surface area contributed by atoms with Crippen LogP contribution >= 0.6 is 0 Å². The van der Waals surface area contributed by atoms with Crippen LogP contribution < -0.4 is 20.7 Å². The molecule has 1 aliphatic rings. The van der Waals surface area contributed by atoms with E-state index in [-0.39, 0.29) is 23.6 Å². The highest BCUT2D eigenvalue weighted by Gasteiger charge is 2.40. The Hall–Kier alpha value is -3.36. The van der Waals surface area contributed by atoms with E-state index < -0.39 is 35.5 Å². The van der Waals surface area contributed by atoms with Crippen molar-refractivity contribution in [2.75, 3.05) is 19.0 Å². The van der Waals surface area contributed by atoms with Crippen LogP contribution in [0.25, 0.3) is 0 Å². The van der Waals surface area contributed by atoms with Gasteiger partial charge in [-0.15, -0.1) is 0 Å². The predicted octanol–water partition coefficient (Wildman–Crippen LogP) is 2.39. The molecule has 1 saturated heterocycles. The Morgan fingerprint density at radius 2 is 1.93 bits per heavy atom. The SMILES string of the molecule is COc1cc(F)c([C@@H]2CNC(=O)[C@H]2NC(=O)Nc2ccc(C)c(O)c2)c(F)c1. The molecule has 1 aliphatic heterocycles. The van der Waals surface area contributed by atoms with Gasteiger partial charge in [-0.3, -0.25) is 4.79 Å². The molecule has 0 radical (unpaired) electrons. The molecular formula is C19H19F2N3O4. The number of methoxy groups -OCH3 is 1. The van der Waals surface area contributed by atoms with Gasteiger partial charge in [0.2, 0.25) is 5.91 Å². The van der Waals surface area contributed by atoms with Gasteiger partial charge in [-0.05, 0) is 18.6 Å². The molecule has 7 nitrogen and oxygen atoms in total. The first-order valence-electron chi connectivity index (χ1n) is 8.48. The fourth-order valence-electron chi connectivity index (χ4n) is 3.08. The highest BCUT2D eigenvalue weighted by Crippen LogP contribution is 2.31. The summed E-state index contributed by atoms with van der Waals surface area (Å²) < 4.78 is 33.6. The van der Waals surface area contributed by atoms with Crippen molar-refractivity contribution in [3.63, 3.8) is 0 Å². The number of benzene rings is 2. The molecule has 1 fully saturated rings. The molecule has 3 rings (SSSR count). The Bertz CT molecular complexity index is 912. The first kappa shape index (κ1) is 19.4. The Balaban J connectivity index is 1.79. The van der Waals surface area contributed by atoms with Gasteiger partial charge < -0.3 is 25.8 Å². The quantitative estimate of drug-likeness (QED) is 0.643. The number of urea groups is 1. The van der Waals surface area contributed by atoms with E-state index in [0.717, 1.165) is 12.1 Å². The lowest BCUT2D eigenvalue weighted by atomic mass is 9.93. The van der Waals surface area contributed by atoms with Crippen molar-refractivity contribution in [2.45, 2.75) is 18.9 Å². The second-order valence-corrected chi connectivity index (χ2v) is 6.43. The highest BCUT2D eigenvalue weighted by molar-refractivity contribution is 5.95. The lowest BCUT2D eigenvalue weighted by molar-refractivity contribution is -0.120. The molecule has 4 N–H and O–H groups in total. The van der Waals surface area contributed by atoms with Gasteiger partial charge >= 0.3 is 6.03 Å². The Morgan fingerprint density at radius 1 is 1.25 bits per heavy atom. The molecule has 3 amide bonds. The Kier molecular flexibility index (Phi) is 5.34. The summed E-state index contributed by atoms with van der Waals surface area (Å²) in [5.41, 5.74) is 0.626. The molecule has 148 valence electrons. The van der Waals surface area contributed by atoms with Gasteiger partial charge in [0, 0.05) is 41.9 Å². The molecule has 0 spiro atoms. The molecule has 0 aromatic heterocycles. The number of rotatable bonds is 4. The van der Waals surface area contributed by atoms with E-state index in [1.807, 2.05) is 0 Å². The number of anilines is 1. The zero-order valence-corrected chi connectivity index (χ0v) is 15.2. The highest BCUT2D eigenvalue weighted by atomic mass is 19.1. The van der Waals surface area contributed by atoms with Crippen LogP contribution in [0, 0.1) is 18.6 Å². The molecule has 0 saturated carbocycles. The topological polar surface area (TPSA) is 99.7 Å². The third-order valence-corrected chi connectivity index (χ3v) is 4.59. The number of phenolic OH excluding ortho intramolecular Hbond substituents is 1. The lowest BCUT2D eigenvalue weighted by Gasteiger charge is -2.20. The van der Waals surface area contributed by atoms with Gasteiger partial charge in [0.25, 0.3) is 0 Å². The monoisotopic (exact) mass is 391 g/mol. The molecule has 1 heterocycles. The number of carbonyl (C=O) groups excluding carboxylic acids is 2. The van der Waals surface area contributed by atoms with E-state index in [4.69, 9.17) is 4.74 Å². The van der Waals surface area contributed by atoms with Crippen LogP contribution in [0.1, 0.15) is 17.0 Å². The zero-order chi connectivity index (χ0) is 20.4. The number of aromatic hydroxyl groups is 1. The molecule has 9 heteroatoms. The molecule has 0 aliphatic carbocycles. The molecular weight excluding hydrogens is 372 g/mol. The van der Waals surface area contributed by atoms with Crippen LogP contribution in [0.15, 0.2) is 30.3 Å². The molecule has 0 unspecified atom stereocenters. The number of halogens is 2. The lowest BCUT2D eigenvalue weighted by Crippen LogP contribution is -2.45. The minimum Gasteiger partial charge on any atom is -0.508 e. The average molecular weight is 391 g/mol. The van der Waals surface area contributed by atoms with Crippen molar-refractivity contribution in [3.8, 4) is 11.5 Å². The number of carbonyl (C=O) groups is 2. The van der Waals surface area contributed by atoms with Crippen molar-refractivity contribution >= 4 is 17.6 Å². The van der Waals surface area contributed by atoms with Crippen molar-refractivity contribution in [3.05, 3.63) is 53.1 Å². The number of hydrogen-bond donors (Lipinski definition) is 4. The maximum Gasteiger partial charge on any atom is 0.319 e. The second kappa shape index (κ2) is 7.71. The minimum atomic E-state index is -1.17. The van der Waals surface area contributed by atoms with E-state index in [9.17, 15) is 23.5 Å². The maximum atomic E-state index is 14.4. The second-order valence-electron chi connectivity index (χ2n) is 6.43. The summed E-state index contributed by atoms with van der Waals surface area (Å²) in [7, 11) is 1.28. The predicted molar refractivity (Wildman–Crippen MR) is 97.4 cm³/mol. The fourth-order valence-corrected chi connectivity index (χ4v) is 3.08. The summed E-state index contributed by atoms with van der Waals surface area (Å²) in [5, 5.41) is 17.1. The summed E-state index contributed by atoms with van der Waals surface area (Å²) in [4.78, 5) is 24.4. The number of nitrogens with one attached hydrogen (secondary N) is 3. The summed E-state index contributed by atoms with van der Waals surface area (Å²) in [5.74, 6) is -3.21. The van der Waals surface area contributed by atoms with Crippen LogP contribution in [0.3, 0.4) is 0 Å². The van der Waals surface area contributed by atoms with E-state index in [0.29, 0.717) is 11.3 Å². The standard InChI is InChI=1S/C19H19F2N3O4/c1-9-3-4-10(5-15(9)25)23-19(27)24-17-12(8-22-18(17)26)16-13(20)6-11(28-2)7-14(16)21/h3-7,12,17,25H,8H2,1-2H3,(H,22,26)(H2,23,24,27)/t12-,17-/m0/s1. The summed E-state index contributed by atoms with van der Waals surface area (Å²) in [6.45, 7) is 1.67. The normalized spacial score (nSPS) is 18.5. The van der Waals surface area contributed by atoms with Crippen LogP contribution in [0.2, 0.25) is 0 Å². The number of ether oxygens (including phenoxy) is 1. The number of phenols is 1. The first-order valence-corrected chi connectivity index (χ1v) is 8.48. The van der Waals surface area contributed by atoms with E-state index >= 15 is 0 Å². The smallest absolute Gasteiger partial charge is 0.319 e. The van der Waals surface area contributed by atoms with Gasteiger partial charge in [-0.25, -0.2) is 13.6 Å². The summed E-state index contributed by atoms with van der Waals surface area (Å²) in [6, 6.07) is 4.66. The van der Waals surface area contributed by atoms with Crippen molar-refractivity contribution in [1.29, 1.82) is 0 Å². The van der Waals surface area contributed by atoms with Gasteiger partial charge in [0.15, 0.2) is 0 Å². The van der Waals surface area contributed by atoms with Gasteiger partial charge in [0.05, 0.1) is 7.11 Å². The van der Waals surface area contributed by atoms with E-state index in [1.54, 1.807) is 19.1 Å². The molecule has 2 aromatic rings. The first-order chi connectivity index (χ1) is 13.3. The Labute approximate surface area is 159 Å². The van der Waals surface area contributed by atoms with Crippen molar-refractivity contribution in [2.24, 2.45) is 0 Å². The van der Waals surface area contributed by atoms with Gasteiger partial charge in [-0.1, -0.05) is 6.07 Å². The zero-order valence-electron chi connectivity index (χ0n) is 15.2. The number of amides is 3. The number of hydrogen-bond acceptors (Lipinski definition) is 4. The fraction of sp³-hybridized carbons (Fsp3) is 0.263. The molecule has 28 heavy (non-hydrogen) atoms. The minimum absolute atomic E-state index is 0.00309. The Morgan fingerprint density at radius 3 is 2.54 bits per heavy atom. The van der Waals surface area contributed by atoms with Crippen LogP contribution in [-0.2, 0) is 4.79 Å². The largest absolute Gasteiger partial charge is 0.508 e. The van der Waals surface area contributed by atoms with E-state index in [1.165, 1.54) is 13.2 Å². The van der Waals surface area contributed by atoms with Gasteiger partial charge in [0.1, 0.15) is 29.2 Å². The van der Waals surface area contributed by atoms with Gasteiger partial charge in [-0.2, -0.15) is 0 Å². The van der Waals surface area contributed by atoms with E-state index in [2.05, 4.69) is 16.0 Å². The average Bonchev–Trinajstić information content (AvgIpc) is 2.98. The maximum absolute atomic E-state index is 14.4. The third kappa shape index (κ3) is 3.83. The van der Waals surface area contributed by atoms with Crippen molar-refractivity contribution < 1.29 is 28.2 Å². The number of aryl methyl sites for hydroxylation is 1. The van der Waals surface area contributed by atoms with Crippen LogP contribution in [0.5, 0.6) is 11.5 Å². The molecule has 2 atom stereocenters. The summed E-state index contributed by atoms with van der Waals surface area (Å²) in [6.07, 6.45) is 0.